The van der Waals surface area contributed by atoms with Crippen LogP contribution < -0.4 is 0 Å². The summed E-state index contributed by atoms with van der Waals surface area (Å²) in [5, 5.41) is 0. The van der Waals surface area contributed by atoms with Crippen LogP contribution in [0.5, 0.6) is 0 Å². The molecule has 3 heteroatoms. The van der Waals surface area contributed by atoms with Crippen molar-refractivity contribution < 1.29 is 14.2 Å². The molecule has 3 nitrogen and oxygen atoms in total. The van der Waals surface area contributed by atoms with Crippen LogP contribution in [0.2, 0.25) is 0 Å². The summed E-state index contributed by atoms with van der Waals surface area (Å²) in [5.41, 5.74) is 3.93. The standard InChI is InChI=1S/C13H22O3/c1-5-10(3)7-8-11(6-2)13-15-9-12(14-4)16-13/h10,12-13H,2,5,7-9H2,1,3-4H3. The van der Waals surface area contributed by atoms with Crippen molar-refractivity contribution in [1.82, 2.24) is 0 Å². The second-order valence-corrected chi connectivity index (χ2v) is 4.22. The maximum Gasteiger partial charge on any atom is 0.190 e. The number of ether oxygens (including phenoxy) is 3. The van der Waals surface area contributed by atoms with Gasteiger partial charge < -0.3 is 14.2 Å². The SMILES string of the molecule is C=C=C(CCC(C)CC)C1OCC(OC)O1. The minimum Gasteiger partial charge on any atom is -0.353 e. The van der Waals surface area contributed by atoms with Crippen molar-refractivity contribution in [2.75, 3.05) is 13.7 Å². The summed E-state index contributed by atoms with van der Waals surface area (Å²) in [6, 6.07) is 0. The van der Waals surface area contributed by atoms with E-state index in [9.17, 15) is 0 Å². The molecule has 0 saturated carbocycles. The van der Waals surface area contributed by atoms with Gasteiger partial charge in [-0.3, -0.25) is 0 Å². The highest BCUT2D eigenvalue weighted by molar-refractivity contribution is 5.04. The van der Waals surface area contributed by atoms with Crippen LogP contribution in [0.3, 0.4) is 0 Å². The lowest BCUT2D eigenvalue weighted by atomic mass is 9.99. The van der Waals surface area contributed by atoms with Gasteiger partial charge in [-0.2, -0.15) is 0 Å². The van der Waals surface area contributed by atoms with Gasteiger partial charge in [0.15, 0.2) is 12.6 Å². The van der Waals surface area contributed by atoms with Crippen LogP contribution in [0.25, 0.3) is 0 Å². The smallest absolute Gasteiger partial charge is 0.190 e. The van der Waals surface area contributed by atoms with Crippen molar-refractivity contribution in [2.45, 2.75) is 45.7 Å². The fourth-order valence-electron chi connectivity index (χ4n) is 1.58. The zero-order valence-electron chi connectivity index (χ0n) is 10.5. The van der Waals surface area contributed by atoms with E-state index in [0.717, 1.165) is 18.4 Å². The Labute approximate surface area is 98.1 Å². The Morgan fingerprint density at radius 1 is 1.62 bits per heavy atom. The summed E-state index contributed by atoms with van der Waals surface area (Å²) in [6.07, 6.45) is 2.68. The molecular formula is C13H22O3. The lowest BCUT2D eigenvalue weighted by Crippen LogP contribution is -2.16. The summed E-state index contributed by atoms with van der Waals surface area (Å²) < 4.78 is 16.1. The van der Waals surface area contributed by atoms with Gasteiger partial charge in [-0.1, -0.05) is 26.8 Å². The van der Waals surface area contributed by atoms with Crippen molar-refractivity contribution in [3.05, 3.63) is 17.9 Å². The first-order valence-electron chi connectivity index (χ1n) is 5.89. The Morgan fingerprint density at radius 3 is 2.88 bits per heavy atom. The first-order chi connectivity index (χ1) is 7.71. The van der Waals surface area contributed by atoms with Gasteiger partial charge >= 0.3 is 0 Å². The van der Waals surface area contributed by atoms with Crippen LogP contribution in [-0.2, 0) is 14.2 Å². The Hall–Kier alpha value is -0.600. The molecule has 1 aliphatic heterocycles. The highest BCUT2D eigenvalue weighted by atomic mass is 16.8. The molecule has 0 radical (unpaired) electrons. The third-order valence-corrected chi connectivity index (χ3v) is 3.04. The molecule has 0 spiro atoms. The Kier molecular flexibility index (Phi) is 5.78. The molecular weight excluding hydrogens is 204 g/mol. The third kappa shape index (κ3) is 3.76. The van der Waals surface area contributed by atoms with E-state index >= 15 is 0 Å². The lowest BCUT2D eigenvalue weighted by molar-refractivity contribution is -0.115. The fourth-order valence-corrected chi connectivity index (χ4v) is 1.58. The van der Waals surface area contributed by atoms with Crippen LogP contribution in [0.15, 0.2) is 17.9 Å². The number of hydrogen-bond acceptors (Lipinski definition) is 3. The van der Waals surface area contributed by atoms with Gasteiger partial charge in [-0.25, -0.2) is 0 Å². The molecule has 1 rings (SSSR count). The summed E-state index contributed by atoms with van der Waals surface area (Å²) >= 11 is 0. The molecule has 0 aromatic rings. The van der Waals surface area contributed by atoms with Gasteiger partial charge in [0.1, 0.15) is 6.61 Å². The van der Waals surface area contributed by atoms with Gasteiger partial charge in [0, 0.05) is 12.7 Å². The lowest BCUT2D eigenvalue weighted by Gasteiger charge is -2.14. The molecule has 1 aliphatic rings. The number of methoxy groups -OCH3 is 1. The molecule has 0 aromatic heterocycles. The Bertz CT molecular complexity index is 256. The first-order valence-corrected chi connectivity index (χ1v) is 5.89. The summed E-state index contributed by atoms with van der Waals surface area (Å²) in [6.45, 7) is 8.62. The summed E-state index contributed by atoms with van der Waals surface area (Å²) in [4.78, 5) is 0. The van der Waals surface area contributed by atoms with E-state index in [2.05, 4.69) is 26.2 Å². The Balaban J connectivity index is 2.41. The number of rotatable bonds is 6. The molecule has 3 atom stereocenters. The van der Waals surface area contributed by atoms with E-state index < -0.39 is 0 Å². The van der Waals surface area contributed by atoms with Gasteiger partial charge in [0.05, 0.1) is 0 Å². The minimum absolute atomic E-state index is 0.253. The molecule has 0 bridgehead atoms. The van der Waals surface area contributed by atoms with Crippen molar-refractivity contribution in [3.63, 3.8) is 0 Å². The van der Waals surface area contributed by atoms with Crippen LogP contribution in [0.1, 0.15) is 33.1 Å². The van der Waals surface area contributed by atoms with Crippen LogP contribution in [0, 0.1) is 5.92 Å². The second-order valence-electron chi connectivity index (χ2n) is 4.22. The topological polar surface area (TPSA) is 27.7 Å². The highest BCUT2D eigenvalue weighted by Gasteiger charge is 2.28. The van der Waals surface area contributed by atoms with Crippen LogP contribution in [-0.4, -0.2) is 26.3 Å². The zero-order chi connectivity index (χ0) is 12.0. The quantitative estimate of drug-likeness (QED) is 0.652. The molecule has 1 heterocycles. The zero-order valence-corrected chi connectivity index (χ0v) is 10.5. The summed E-state index contributed by atoms with van der Waals surface area (Å²) in [5.74, 6) is 0.711. The average Bonchev–Trinajstić information content (AvgIpc) is 2.78. The third-order valence-electron chi connectivity index (χ3n) is 3.04. The molecule has 3 unspecified atom stereocenters. The molecule has 0 aromatic carbocycles. The van der Waals surface area contributed by atoms with Crippen molar-refractivity contribution in [3.8, 4) is 0 Å². The predicted octanol–water partition coefficient (Wildman–Crippen LogP) is 2.87. The van der Waals surface area contributed by atoms with Gasteiger partial charge in [0.2, 0.25) is 0 Å². The molecule has 0 amide bonds. The van der Waals surface area contributed by atoms with Gasteiger partial charge in [-0.15, -0.1) is 5.73 Å². The maximum atomic E-state index is 5.55. The van der Waals surface area contributed by atoms with E-state index in [-0.39, 0.29) is 12.6 Å². The molecule has 16 heavy (non-hydrogen) atoms. The van der Waals surface area contributed by atoms with E-state index in [1.807, 2.05) is 0 Å². The fraction of sp³-hybridized carbons (Fsp3) is 0.769. The maximum absolute atomic E-state index is 5.55. The second kappa shape index (κ2) is 6.87. The Morgan fingerprint density at radius 2 is 2.38 bits per heavy atom. The predicted molar refractivity (Wildman–Crippen MR) is 63.0 cm³/mol. The van der Waals surface area contributed by atoms with Gasteiger partial charge in [0.25, 0.3) is 0 Å². The van der Waals surface area contributed by atoms with Crippen molar-refractivity contribution in [1.29, 1.82) is 0 Å². The highest BCUT2D eigenvalue weighted by Crippen LogP contribution is 2.23. The van der Waals surface area contributed by atoms with E-state index in [4.69, 9.17) is 14.2 Å². The molecule has 0 aliphatic carbocycles. The minimum atomic E-state index is -0.313. The average molecular weight is 226 g/mol. The van der Waals surface area contributed by atoms with E-state index in [1.54, 1.807) is 7.11 Å². The first kappa shape index (κ1) is 13.5. The molecule has 1 saturated heterocycles. The molecule has 0 N–H and O–H groups in total. The number of hydrogen-bond donors (Lipinski definition) is 0. The van der Waals surface area contributed by atoms with E-state index in [1.165, 1.54) is 6.42 Å². The molecule has 1 fully saturated rings. The summed E-state index contributed by atoms with van der Waals surface area (Å²) in [7, 11) is 1.62. The van der Waals surface area contributed by atoms with Crippen molar-refractivity contribution in [2.24, 2.45) is 5.92 Å². The van der Waals surface area contributed by atoms with Crippen molar-refractivity contribution >= 4 is 0 Å². The van der Waals surface area contributed by atoms with Crippen LogP contribution >= 0.6 is 0 Å². The largest absolute Gasteiger partial charge is 0.353 e. The monoisotopic (exact) mass is 226 g/mol. The van der Waals surface area contributed by atoms with Crippen LogP contribution in [0.4, 0.5) is 0 Å². The molecule has 92 valence electrons. The normalized spacial score (nSPS) is 26.4. The van der Waals surface area contributed by atoms with Gasteiger partial charge in [-0.05, 0) is 18.8 Å². The van der Waals surface area contributed by atoms with E-state index in [0.29, 0.717) is 12.5 Å².